The quantitative estimate of drug-likeness (QED) is 0.169. The van der Waals surface area contributed by atoms with Crippen molar-refractivity contribution in [2.24, 2.45) is 17.8 Å². The summed E-state index contributed by atoms with van der Waals surface area (Å²) >= 11 is 0. The van der Waals surface area contributed by atoms with E-state index in [2.05, 4.69) is 70.5 Å². The van der Waals surface area contributed by atoms with E-state index in [0.717, 1.165) is 68.2 Å². The van der Waals surface area contributed by atoms with E-state index in [1.807, 2.05) is 48.5 Å². The summed E-state index contributed by atoms with van der Waals surface area (Å²) in [5.41, 5.74) is 11.4. The Bertz CT molecular complexity index is 2180. The Kier molecular flexibility index (Phi) is 7.36. The topological polar surface area (TPSA) is 47.4 Å². The van der Waals surface area contributed by atoms with E-state index < -0.39 is 0 Å². The molecule has 4 aromatic carbocycles. The Morgan fingerprint density at radius 3 is 1.60 bits per heavy atom. The smallest absolute Gasteiger partial charge is 0.187 e. The lowest BCUT2D eigenvalue weighted by molar-refractivity contribution is -0.00532. The molecular weight excluding hydrogens is 611 g/mol. The zero-order chi connectivity index (χ0) is 33.7. The molecule has 0 aliphatic heterocycles. The number of rotatable bonds is 6. The number of aromatic nitrogens is 3. The lowest BCUT2D eigenvalue weighted by Crippen LogP contribution is -2.48. The molecule has 4 saturated carbocycles. The summed E-state index contributed by atoms with van der Waals surface area (Å²) in [6, 6.07) is 38.6. The second-order valence-electron chi connectivity index (χ2n) is 14.6. The van der Waals surface area contributed by atoms with Crippen molar-refractivity contribution in [3.8, 4) is 56.3 Å². The van der Waals surface area contributed by atoms with Gasteiger partial charge < -0.3 is 0 Å². The van der Waals surface area contributed by atoms with Crippen LogP contribution >= 0.6 is 0 Å². The Labute approximate surface area is 293 Å². The van der Waals surface area contributed by atoms with Crippen LogP contribution in [-0.2, 0) is 5.41 Å². The van der Waals surface area contributed by atoms with Gasteiger partial charge in [0.05, 0.1) is 30.2 Å². The lowest BCUT2D eigenvalue weighted by atomic mass is 9.48. The van der Waals surface area contributed by atoms with Gasteiger partial charge in [0.25, 0.3) is 0 Å². The van der Waals surface area contributed by atoms with Gasteiger partial charge in [-0.2, -0.15) is 0 Å². The lowest BCUT2D eigenvalue weighted by Gasteiger charge is -2.57. The monoisotopic (exact) mass is 645 g/mol. The van der Waals surface area contributed by atoms with Gasteiger partial charge in [-0.1, -0.05) is 84.9 Å². The van der Waals surface area contributed by atoms with E-state index in [1.165, 1.54) is 44.1 Å². The molecule has 0 atom stereocenters. The first-order valence-electron chi connectivity index (χ1n) is 17.6. The molecule has 10 rings (SSSR count). The van der Waals surface area contributed by atoms with Crippen LogP contribution in [0.15, 0.2) is 121 Å². The first-order chi connectivity index (χ1) is 24.5. The van der Waals surface area contributed by atoms with Gasteiger partial charge in [-0.25, -0.2) is 19.7 Å². The van der Waals surface area contributed by atoms with Crippen LogP contribution in [0.1, 0.15) is 44.1 Å². The zero-order valence-electron chi connectivity index (χ0n) is 27.8. The van der Waals surface area contributed by atoms with E-state index in [-0.39, 0.29) is 0 Å². The van der Waals surface area contributed by atoms with Gasteiger partial charge in [0.1, 0.15) is 0 Å². The number of pyridine rings is 1. The molecule has 0 saturated heterocycles. The molecule has 50 heavy (non-hydrogen) atoms. The van der Waals surface area contributed by atoms with Crippen LogP contribution in [0.25, 0.3) is 66.0 Å². The van der Waals surface area contributed by atoms with E-state index in [4.69, 9.17) is 28.1 Å². The summed E-state index contributed by atoms with van der Waals surface area (Å²) in [7, 11) is 0. The average molecular weight is 646 g/mol. The predicted molar refractivity (Wildman–Crippen MR) is 199 cm³/mol. The van der Waals surface area contributed by atoms with Crippen LogP contribution in [0.5, 0.6) is 0 Å². The van der Waals surface area contributed by atoms with Crippen molar-refractivity contribution >= 4 is 11.4 Å². The Balaban J connectivity index is 1.16. The van der Waals surface area contributed by atoms with Gasteiger partial charge in [0, 0.05) is 22.9 Å². The number of hydrogen-bond donors (Lipinski definition) is 0. The van der Waals surface area contributed by atoms with E-state index in [1.54, 1.807) is 12.1 Å². The molecule has 0 radical (unpaired) electrons. The molecule has 4 aliphatic carbocycles. The van der Waals surface area contributed by atoms with Crippen LogP contribution in [0, 0.1) is 30.9 Å². The van der Waals surface area contributed by atoms with Gasteiger partial charge in [0.15, 0.2) is 17.2 Å². The largest absolute Gasteiger partial charge is 0.256 e. The minimum absolute atomic E-state index is 0.311. The molecule has 0 unspecified atom stereocenters. The minimum Gasteiger partial charge on any atom is -0.256 e. The molecule has 4 aliphatic rings. The second kappa shape index (κ2) is 12.2. The number of hydrogen-bond acceptors (Lipinski definition) is 3. The summed E-state index contributed by atoms with van der Waals surface area (Å²) in [5.74, 6) is 3.26. The Morgan fingerprint density at radius 2 is 1.04 bits per heavy atom. The third-order valence-electron chi connectivity index (χ3n) is 11.3. The van der Waals surface area contributed by atoms with Gasteiger partial charge in [-0.15, -0.1) is 0 Å². The van der Waals surface area contributed by atoms with Crippen LogP contribution in [0.2, 0.25) is 0 Å². The first-order valence-corrected chi connectivity index (χ1v) is 17.6. The van der Waals surface area contributed by atoms with Crippen molar-refractivity contribution in [3.05, 3.63) is 150 Å². The summed E-state index contributed by atoms with van der Waals surface area (Å²) in [4.78, 5) is 22.4. The van der Waals surface area contributed by atoms with Crippen molar-refractivity contribution < 1.29 is 0 Å². The molecule has 0 spiro atoms. The standard InChI is InChI=1S/C45H35N5/c1-46-39-13-8-33(9-14-39)42-24-43(50-44(49-42)34-10-15-40(47-2)16-11-34)37-22-35(32-6-4-3-5-7-32)21-36(23-37)41-17-12-38(28-48-41)45-25-29-18-30(26-45)20-31(19-29)27-45/h3-17,21-24,28-31H,18-20,25-27H2. The van der Waals surface area contributed by atoms with Gasteiger partial charge >= 0.3 is 0 Å². The fourth-order valence-electron chi connectivity index (χ4n) is 9.33. The normalized spacial score (nSPS) is 21.8. The molecule has 2 heterocycles. The summed E-state index contributed by atoms with van der Waals surface area (Å²) in [6.07, 6.45) is 10.5. The fraction of sp³-hybridized carbons (Fsp3) is 0.222. The molecule has 5 heteroatoms. The highest BCUT2D eigenvalue weighted by Gasteiger charge is 2.51. The van der Waals surface area contributed by atoms with Crippen molar-refractivity contribution in [1.82, 2.24) is 15.0 Å². The average Bonchev–Trinajstić information content (AvgIpc) is 3.17. The number of nitrogens with zero attached hydrogens (tertiary/aromatic N) is 5. The van der Waals surface area contributed by atoms with Crippen molar-refractivity contribution in [2.75, 3.05) is 0 Å². The molecule has 2 aromatic heterocycles. The molecule has 6 aromatic rings. The van der Waals surface area contributed by atoms with Crippen molar-refractivity contribution in [2.45, 2.75) is 43.9 Å². The van der Waals surface area contributed by atoms with E-state index in [9.17, 15) is 0 Å². The summed E-state index contributed by atoms with van der Waals surface area (Å²) in [6.45, 7) is 14.8. The van der Waals surface area contributed by atoms with E-state index in [0.29, 0.717) is 22.6 Å². The number of benzene rings is 4. The maximum atomic E-state index is 7.40. The van der Waals surface area contributed by atoms with Crippen LogP contribution in [0.3, 0.4) is 0 Å². The molecule has 4 bridgehead atoms. The highest BCUT2D eigenvalue weighted by molar-refractivity contribution is 5.81. The minimum atomic E-state index is 0.311. The second-order valence-corrected chi connectivity index (χ2v) is 14.6. The molecular formula is C45H35N5. The Hall–Kier alpha value is -5.91. The molecule has 5 nitrogen and oxygen atoms in total. The molecule has 0 N–H and O–H groups in total. The van der Waals surface area contributed by atoms with Gasteiger partial charge in [0.2, 0.25) is 0 Å². The van der Waals surface area contributed by atoms with Gasteiger partial charge in [-0.3, -0.25) is 4.98 Å². The summed E-state index contributed by atoms with van der Waals surface area (Å²) < 4.78 is 0. The Morgan fingerprint density at radius 1 is 0.500 bits per heavy atom. The van der Waals surface area contributed by atoms with Crippen molar-refractivity contribution in [3.63, 3.8) is 0 Å². The maximum absolute atomic E-state index is 7.40. The van der Waals surface area contributed by atoms with Crippen LogP contribution < -0.4 is 0 Å². The van der Waals surface area contributed by atoms with E-state index >= 15 is 0 Å². The zero-order valence-corrected chi connectivity index (χ0v) is 27.8. The predicted octanol–water partition coefficient (Wildman–Crippen LogP) is 11.8. The van der Waals surface area contributed by atoms with Crippen LogP contribution in [0.4, 0.5) is 11.4 Å². The molecule has 0 amide bonds. The first kappa shape index (κ1) is 30.2. The van der Waals surface area contributed by atoms with Gasteiger partial charge in [-0.05, 0) is 114 Å². The SMILES string of the molecule is [C-]#[N+]c1ccc(-c2cc(-c3cc(-c4ccccc4)cc(-c4ccc(C56CC7CC(CC(C7)C5)C6)cn4)c3)nc(-c3ccc([N+]#[C-])cc3)n2)cc1. The molecule has 240 valence electrons. The third-order valence-corrected chi connectivity index (χ3v) is 11.3. The van der Waals surface area contributed by atoms with Crippen molar-refractivity contribution in [1.29, 1.82) is 0 Å². The third kappa shape index (κ3) is 5.56. The fourth-order valence-corrected chi connectivity index (χ4v) is 9.33. The van der Waals surface area contributed by atoms with Crippen LogP contribution in [-0.4, -0.2) is 15.0 Å². The summed E-state index contributed by atoms with van der Waals surface area (Å²) in [5, 5.41) is 0. The highest BCUT2D eigenvalue weighted by Crippen LogP contribution is 2.60. The highest BCUT2D eigenvalue weighted by atomic mass is 14.9. The molecule has 4 fully saturated rings. The maximum Gasteiger partial charge on any atom is 0.187 e.